The second-order valence-electron chi connectivity index (χ2n) is 12.4. The van der Waals surface area contributed by atoms with E-state index in [-0.39, 0.29) is 11.2 Å². The molecule has 9 rings (SSSR count). The van der Waals surface area contributed by atoms with E-state index < -0.39 is 7.12 Å². The van der Waals surface area contributed by atoms with Crippen molar-refractivity contribution in [1.29, 1.82) is 0 Å². The van der Waals surface area contributed by atoms with Gasteiger partial charge in [-0.05, 0) is 57.4 Å². The van der Waals surface area contributed by atoms with Crippen LogP contribution < -0.4 is 5.46 Å². The van der Waals surface area contributed by atoms with Crippen molar-refractivity contribution < 1.29 is 9.31 Å². The molecule has 0 atom stereocenters. The van der Waals surface area contributed by atoms with Gasteiger partial charge in [0.2, 0.25) is 0 Å². The molecule has 1 aliphatic rings. The molecule has 0 aliphatic carbocycles. The molecule has 198 valence electrons. The molecule has 0 spiro atoms. The Balaban J connectivity index is 1.52. The van der Waals surface area contributed by atoms with Gasteiger partial charge in [-0.25, -0.2) is 0 Å². The van der Waals surface area contributed by atoms with E-state index in [2.05, 4.69) is 140 Å². The third-order valence-electron chi connectivity index (χ3n) is 9.69. The van der Waals surface area contributed by atoms with Crippen LogP contribution in [-0.2, 0) is 9.31 Å². The SMILES string of the molecule is CC1(C)OB(c2ccc3c(c2)c2cccc4c5ccccc5n5c6ccccc6c6cccc(c65)n3c24)OC1(C)C. The van der Waals surface area contributed by atoms with Crippen LogP contribution in [0.2, 0.25) is 0 Å². The maximum Gasteiger partial charge on any atom is 0.494 e. The predicted octanol–water partition coefficient (Wildman–Crippen LogP) is 8.26. The van der Waals surface area contributed by atoms with Crippen molar-refractivity contribution in [2.45, 2.75) is 38.9 Å². The Labute approximate surface area is 237 Å². The monoisotopic (exact) mass is 532 g/mol. The summed E-state index contributed by atoms with van der Waals surface area (Å²) < 4.78 is 17.9. The summed E-state index contributed by atoms with van der Waals surface area (Å²) in [6, 6.07) is 37.7. The Kier molecular flexibility index (Phi) is 4.39. The summed E-state index contributed by atoms with van der Waals surface area (Å²) in [5, 5.41) is 7.41. The molecule has 0 amide bonds. The van der Waals surface area contributed by atoms with Gasteiger partial charge < -0.3 is 18.1 Å². The first-order valence-corrected chi connectivity index (χ1v) is 14.4. The average Bonchev–Trinajstić information content (AvgIpc) is 3.56. The summed E-state index contributed by atoms with van der Waals surface area (Å²) in [5.74, 6) is 0. The van der Waals surface area contributed by atoms with Crippen molar-refractivity contribution in [3.63, 3.8) is 0 Å². The normalized spacial score (nSPS) is 16.9. The molecule has 0 unspecified atom stereocenters. The van der Waals surface area contributed by atoms with Crippen LogP contribution >= 0.6 is 0 Å². The Hall–Kier alpha value is -4.32. The number of para-hydroxylation sites is 4. The summed E-state index contributed by atoms with van der Waals surface area (Å²) in [7, 11) is -0.409. The smallest absolute Gasteiger partial charge is 0.399 e. The van der Waals surface area contributed by atoms with Crippen LogP contribution in [0.4, 0.5) is 0 Å². The zero-order valence-electron chi connectivity index (χ0n) is 23.6. The summed E-state index contributed by atoms with van der Waals surface area (Å²) >= 11 is 0. The summed E-state index contributed by atoms with van der Waals surface area (Å²) in [6.07, 6.45) is 0. The van der Waals surface area contributed by atoms with Crippen molar-refractivity contribution in [2.24, 2.45) is 0 Å². The molecule has 0 saturated carbocycles. The minimum Gasteiger partial charge on any atom is -0.399 e. The first kappa shape index (κ1) is 23.4. The first-order chi connectivity index (χ1) is 19.8. The molecule has 5 heteroatoms. The second-order valence-corrected chi connectivity index (χ2v) is 12.4. The number of fused-ring (bicyclic) bond motifs is 10. The van der Waals surface area contributed by atoms with Crippen LogP contribution in [0.3, 0.4) is 0 Å². The third kappa shape index (κ3) is 2.92. The number of hydrogen-bond donors (Lipinski definition) is 0. The Morgan fingerprint density at radius 1 is 0.463 bits per heavy atom. The lowest BCUT2D eigenvalue weighted by molar-refractivity contribution is 0.00578. The van der Waals surface area contributed by atoms with Gasteiger partial charge >= 0.3 is 7.12 Å². The fourth-order valence-corrected chi connectivity index (χ4v) is 7.01. The van der Waals surface area contributed by atoms with Gasteiger partial charge in [0.1, 0.15) is 0 Å². The van der Waals surface area contributed by atoms with Gasteiger partial charge in [-0.1, -0.05) is 78.9 Å². The number of hydrogen-bond acceptors (Lipinski definition) is 2. The van der Waals surface area contributed by atoms with E-state index in [1.165, 1.54) is 65.4 Å². The topological polar surface area (TPSA) is 27.3 Å². The zero-order chi connectivity index (χ0) is 27.7. The summed E-state index contributed by atoms with van der Waals surface area (Å²) in [5.41, 5.74) is 7.50. The molecule has 0 radical (unpaired) electrons. The summed E-state index contributed by atoms with van der Waals surface area (Å²) in [4.78, 5) is 0. The van der Waals surface area contributed by atoms with Gasteiger partial charge in [-0.15, -0.1) is 0 Å². The van der Waals surface area contributed by atoms with Crippen LogP contribution in [0.5, 0.6) is 0 Å². The van der Waals surface area contributed by atoms with E-state index in [1.807, 2.05) is 0 Å². The van der Waals surface area contributed by atoms with Gasteiger partial charge in [0.25, 0.3) is 0 Å². The van der Waals surface area contributed by atoms with E-state index in [0.29, 0.717) is 0 Å². The number of nitrogens with zero attached hydrogens (tertiary/aromatic N) is 2. The Bertz CT molecular complexity index is 2380. The lowest BCUT2D eigenvalue weighted by Gasteiger charge is -2.32. The molecule has 4 nitrogen and oxygen atoms in total. The highest BCUT2D eigenvalue weighted by molar-refractivity contribution is 6.62. The molecule has 5 aromatic carbocycles. The molecule has 1 fully saturated rings. The lowest BCUT2D eigenvalue weighted by atomic mass is 9.78. The van der Waals surface area contributed by atoms with Crippen LogP contribution in [0.1, 0.15) is 27.7 Å². The van der Waals surface area contributed by atoms with Crippen molar-refractivity contribution >= 4 is 78.0 Å². The zero-order valence-corrected chi connectivity index (χ0v) is 23.6. The highest BCUT2D eigenvalue weighted by Crippen LogP contribution is 2.41. The van der Waals surface area contributed by atoms with E-state index >= 15 is 0 Å². The molecule has 0 bridgehead atoms. The average molecular weight is 532 g/mol. The molecular formula is C36H29BN2O2. The molecule has 4 heterocycles. The molecule has 8 aromatic rings. The largest absolute Gasteiger partial charge is 0.494 e. The van der Waals surface area contributed by atoms with Gasteiger partial charge in [0, 0.05) is 32.3 Å². The first-order valence-electron chi connectivity index (χ1n) is 14.4. The number of benzene rings is 5. The minimum atomic E-state index is -0.409. The van der Waals surface area contributed by atoms with Gasteiger partial charge in [0.15, 0.2) is 0 Å². The molecular weight excluding hydrogens is 503 g/mol. The van der Waals surface area contributed by atoms with Gasteiger partial charge in [0.05, 0.1) is 44.3 Å². The number of rotatable bonds is 1. The fraction of sp³-hybridized carbons (Fsp3) is 0.167. The van der Waals surface area contributed by atoms with Crippen LogP contribution in [0.25, 0.3) is 65.4 Å². The van der Waals surface area contributed by atoms with Gasteiger partial charge in [-0.2, -0.15) is 0 Å². The van der Waals surface area contributed by atoms with Crippen molar-refractivity contribution in [3.8, 4) is 0 Å². The quantitative estimate of drug-likeness (QED) is 0.199. The fourth-order valence-electron chi connectivity index (χ4n) is 7.01. The van der Waals surface area contributed by atoms with Crippen molar-refractivity contribution in [1.82, 2.24) is 8.80 Å². The van der Waals surface area contributed by atoms with E-state index in [9.17, 15) is 0 Å². The highest BCUT2D eigenvalue weighted by Gasteiger charge is 2.51. The third-order valence-corrected chi connectivity index (χ3v) is 9.69. The lowest BCUT2D eigenvalue weighted by Crippen LogP contribution is -2.41. The van der Waals surface area contributed by atoms with Crippen molar-refractivity contribution in [2.75, 3.05) is 0 Å². The molecule has 41 heavy (non-hydrogen) atoms. The van der Waals surface area contributed by atoms with Crippen molar-refractivity contribution in [3.05, 3.63) is 103 Å². The maximum atomic E-state index is 6.46. The minimum absolute atomic E-state index is 0.390. The Morgan fingerprint density at radius 3 is 1.59 bits per heavy atom. The molecule has 1 aliphatic heterocycles. The molecule has 3 aromatic heterocycles. The maximum absolute atomic E-state index is 6.46. The number of aromatic nitrogens is 2. The molecule has 0 N–H and O–H groups in total. The molecule has 1 saturated heterocycles. The highest BCUT2D eigenvalue weighted by atomic mass is 16.7. The standard InChI is InChI=1S/C36H29BN2O2/c1-35(2)36(3,4)41-37(40-35)22-19-20-31-28(21-22)27-14-9-13-25-23-11-5-7-16-29(23)38-30-17-8-6-12-24(30)26-15-10-18-32(34(26)38)39(31)33(25)27/h5-21H,1-4H3. The van der Waals surface area contributed by atoms with Crippen LogP contribution in [0.15, 0.2) is 103 Å². The van der Waals surface area contributed by atoms with Gasteiger partial charge in [-0.3, -0.25) is 0 Å². The Morgan fingerprint density at radius 2 is 0.927 bits per heavy atom. The van der Waals surface area contributed by atoms with E-state index in [4.69, 9.17) is 9.31 Å². The van der Waals surface area contributed by atoms with E-state index in [1.54, 1.807) is 0 Å². The van der Waals surface area contributed by atoms with Crippen LogP contribution in [0, 0.1) is 0 Å². The summed E-state index contributed by atoms with van der Waals surface area (Å²) in [6.45, 7) is 8.43. The van der Waals surface area contributed by atoms with E-state index in [0.717, 1.165) is 5.46 Å². The predicted molar refractivity (Wildman–Crippen MR) is 172 cm³/mol. The second kappa shape index (κ2) is 7.70. The van der Waals surface area contributed by atoms with Crippen LogP contribution in [-0.4, -0.2) is 27.1 Å².